The smallest absolute Gasteiger partial charge is 0.419 e. The first-order chi connectivity index (χ1) is 9.89. The van der Waals surface area contributed by atoms with E-state index in [1.165, 1.54) is 18.2 Å². The molecule has 0 fully saturated rings. The van der Waals surface area contributed by atoms with Gasteiger partial charge in [-0.25, -0.2) is 0 Å². The number of aliphatic hydroxyl groups is 1. The minimum Gasteiger partial charge on any atom is -0.490 e. The molecule has 0 spiro atoms. The molecule has 0 aliphatic heterocycles. The highest BCUT2D eigenvalue weighted by Gasteiger charge is 2.34. The predicted molar refractivity (Wildman–Crippen MR) is 73.1 cm³/mol. The van der Waals surface area contributed by atoms with Gasteiger partial charge in [-0.2, -0.15) is 13.2 Å². The monoisotopic (exact) mass is 296 g/mol. The lowest BCUT2D eigenvalue weighted by Gasteiger charge is -2.17. The van der Waals surface area contributed by atoms with E-state index in [0.717, 1.165) is 11.6 Å². The highest BCUT2D eigenvalue weighted by Crippen LogP contribution is 2.36. The van der Waals surface area contributed by atoms with E-state index in [-0.39, 0.29) is 12.4 Å². The molecule has 0 saturated heterocycles. The summed E-state index contributed by atoms with van der Waals surface area (Å²) < 4.78 is 43.6. The van der Waals surface area contributed by atoms with E-state index in [1.54, 1.807) is 12.1 Å². The predicted octanol–water partition coefficient (Wildman–Crippen LogP) is 4.13. The van der Waals surface area contributed by atoms with Crippen molar-refractivity contribution in [2.24, 2.45) is 0 Å². The first kappa shape index (κ1) is 15.4. The summed E-state index contributed by atoms with van der Waals surface area (Å²) in [4.78, 5) is 0. The van der Waals surface area contributed by atoms with Crippen LogP contribution in [0, 0.1) is 6.92 Å². The van der Waals surface area contributed by atoms with Crippen molar-refractivity contribution in [1.82, 2.24) is 0 Å². The fourth-order valence-electron chi connectivity index (χ4n) is 2.05. The zero-order valence-corrected chi connectivity index (χ0v) is 11.4. The maximum absolute atomic E-state index is 12.8. The molecule has 0 radical (unpaired) electrons. The van der Waals surface area contributed by atoms with Crippen LogP contribution >= 0.6 is 0 Å². The number of rotatable bonds is 4. The van der Waals surface area contributed by atoms with Crippen molar-refractivity contribution in [2.45, 2.75) is 19.2 Å². The molecular formula is C16H15F3O2. The first-order valence-electron chi connectivity index (χ1n) is 6.42. The van der Waals surface area contributed by atoms with Crippen molar-refractivity contribution in [3.8, 4) is 5.75 Å². The molecule has 0 bridgehead atoms. The molecule has 112 valence electrons. The van der Waals surface area contributed by atoms with E-state index in [0.29, 0.717) is 5.56 Å². The van der Waals surface area contributed by atoms with E-state index in [9.17, 15) is 18.3 Å². The number of hydrogen-bond acceptors (Lipinski definition) is 2. The lowest BCUT2D eigenvalue weighted by Crippen LogP contribution is -2.14. The lowest BCUT2D eigenvalue weighted by atomic mass is 10.0. The summed E-state index contributed by atoms with van der Waals surface area (Å²) >= 11 is 0. The van der Waals surface area contributed by atoms with Gasteiger partial charge in [0.25, 0.3) is 0 Å². The largest absolute Gasteiger partial charge is 0.490 e. The Morgan fingerprint density at radius 3 is 2.33 bits per heavy atom. The van der Waals surface area contributed by atoms with Gasteiger partial charge in [-0.15, -0.1) is 0 Å². The zero-order chi connectivity index (χ0) is 15.5. The van der Waals surface area contributed by atoms with Crippen molar-refractivity contribution in [2.75, 3.05) is 6.61 Å². The van der Waals surface area contributed by atoms with Crippen molar-refractivity contribution < 1.29 is 23.0 Å². The van der Waals surface area contributed by atoms with Gasteiger partial charge in [0.05, 0.1) is 5.56 Å². The van der Waals surface area contributed by atoms with Crippen LogP contribution in [0.15, 0.2) is 48.5 Å². The van der Waals surface area contributed by atoms with Crippen molar-refractivity contribution in [3.63, 3.8) is 0 Å². The average Bonchev–Trinajstić information content (AvgIpc) is 2.44. The van der Waals surface area contributed by atoms with Gasteiger partial charge in [0.1, 0.15) is 18.5 Å². The third kappa shape index (κ3) is 3.76. The second kappa shape index (κ2) is 6.18. The lowest BCUT2D eigenvalue weighted by molar-refractivity contribution is -0.139. The summed E-state index contributed by atoms with van der Waals surface area (Å²) in [5, 5.41) is 10.1. The SMILES string of the molecule is Cc1ccccc1C(O)COc1ccccc1C(F)(F)F. The van der Waals surface area contributed by atoms with E-state index in [2.05, 4.69) is 0 Å². The summed E-state index contributed by atoms with van der Waals surface area (Å²) in [5.41, 5.74) is 0.654. The van der Waals surface area contributed by atoms with Gasteiger partial charge in [-0.05, 0) is 30.2 Å². The molecule has 1 atom stereocenters. The fraction of sp³-hybridized carbons (Fsp3) is 0.250. The van der Waals surface area contributed by atoms with Gasteiger partial charge in [-0.1, -0.05) is 36.4 Å². The van der Waals surface area contributed by atoms with Gasteiger partial charge in [0.2, 0.25) is 0 Å². The molecule has 0 aliphatic rings. The van der Waals surface area contributed by atoms with E-state index >= 15 is 0 Å². The molecule has 0 heterocycles. The molecule has 0 saturated carbocycles. The summed E-state index contributed by atoms with van der Waals surface area (Å²) in [6, 6.07) is 12.1. The third-order valence-corrected chi connectivity index (χ3v) is 3.14. The van der Waals surface area contributed by atoms with Crippen LogP contribution in [0.1, 0.15) is 22.8 Å². The Kier molecular flexibility index (Phi) is 4.53. The maximum Gasteiger partial charge on any atom is 0.419 e. The van der Waals surface area contributed by atoms with Gasteiger partial charge in [0.15, 0.2) is 0 Å². The zero-order valence-electron chi connectivity index (χ0n) is 11.4. The van der Waals surface area contributed by atoms with Crippen LogP contribution < -0.4 is 4.74 Å². The van der Waals surface area contributed by atoms with Crippen LogP contribution in [-0.2, 0) is 6.18 Å². The van der Waals surface area contributed by atoms with Gasteiger partial charge in [-0.3, -0.25) is 0 Å². The Morgan fingerprint density at radius 2 is 1.67 bits per heavy atom. The Hall–Kier alpha value is -2.01. The van der Waals surface area contributed by atoms with Crippen LogP contribution in [0.5, 0.6) is 5.75 Å². The standard InChI is InChI=1S/C16H15F3O2/c1-11-6-2-3-7-12(11)14(20)10-21-15-9-5-4-8-13(15)16(17,18)19/h2-9,14,20H,10H2,1H3. The van der Waals surface area contributed by atoms with Crippen LogP contribution in [0.4, 0.5) is 13.2 Å². The van der Waals surface area contributed by atoms with E-state index in [4.69, 9.17) is 4.74 Å². The normalized spacial score (nSPS) is 13.0. The summed E-state index contributed by atoms with van der Waals surface area (Å²) in [6.07, 6.45) is -5.46. The first-order valence-corrected chi connectivity index (χ1v) is 6.42. The molecule has 1 unspecified atom stereocenters. The minimum absolute atomic E-state index is 0.238. The molecular weight excluding hydrogens is 281 g/mol. The quantitative estimate of drug-likeness (QED) is 0.919. The summed E-state index contributed by atoms with van der Waals surface area (Å²) in [5.74, 6) is -0.280. The number of hydrogen-bond donors (Lipinski definition) is 1. The number of benzene rings is 2. The molecule has 1 N–H and O–H groups in total. The molecule has 0 aromatic heterocycles. The number of halogens is 3. The molecule has 5 heteroatoms. The second-order valence-corrected chi connectivity index (χ2v) is 4.68. The average molecular weight is 296 g/mol. The second-order valence-electron chi connectivity index (χ2n) is 4.68. The van der Waals surface area contributed by atoms with Gasteiger partial charge in [0, 0.05) is 0 Å². The van der Waals surface area contributed by atoms with Gasteiger partial charge < -0.3 is 9.84 Å². The number of aliphatic hydroxyl groups excluding tert-OH is 1. The Bertz CT molecular complexity index is 608. The number of aryl methyl sites for hydroxylation is 1. The number of ether oxygens (including phenoxy) is 1. The van der Waals surface area contributed by atoms with Crippen molar-refractivity contribution in [3.05, 3.63) is 65.2 Å². The highest BCUT2D eigenvalue weighted by molar-refractivity contribution is 5.36. The summed E-state index contributed by atoms with van der Waals surface area (Å²) in [7, 11) is 0. The fourth-order valence-corrected chi connectivity index (χ4v) is 2.05. The van der Waals surface area contributed by atoms with Crippen LogP contribution in [0.2, 0.25) is 0 Å². The van der Waals surface area contributed by atoms with E-state index in [1.807, 2.05) is 19.1 Å². The molecule has 21 heavy (non-hydrogen) atoms. The molecule has 2 rings (SSSR count). The van der Waals surface area contributed by atoms with Gasteiger partial charge >= 0.3 is 6.18 Å². The third-order valence-electron chi connectivity index (χ3n) is 3.14. The Morgan fingerprint density at radius 1 is 1.05 bits per heavy atom. The maximum atomic E-state index is 12.8. The molecule has 2 aromatic carbocycles. The van der Waals surface area contributed by atoms with E-state index < -0.39 is 17.8 Å². The minimum atomic E-state index is -4.48. The van der Waals surface area contributed by atoms with Crippen LogP contribution in [0.25, 0.3) is 0 Å². The molecule has 0 amide bonds. The number of para-hydroxylation sites is 1. The Labute approximate surface area is 120 Å². The molecule has 2 aromatic rings. The topological polar surface area (TPSA) is 29.5 Å². The van der Waals surface area contributed by atoms with Crippen LogP contribution in [0.3, 0.4) is 0 Å². The summed E-state index contributed by atoms with van der Waals surface area (Å²) in [6.45, 7) is 1.58. The molecule has 0 aliphatic carbocycles. The number of alkyl halides is 3. The Balaban J connectivity index is 2.12. The highest BCUT2D eigenvalue weighted by atomic mass is 19.4. The van der Waals surface area contributed by atoms with Crippen molar-refractivity contribution >= 4 is 0 Å². The van der Waals surface area contributed by atoms with Crippen LogP contribution in [-0.4, -0.2) is 11.7 Å². The van der Waals surface area contributed by atoms with Crippen molar-refractivity contribution in [1.29, 1.82) is 0 Å². The molecule has 2 nitrogen and oxygen atoms in total.